The minimum absolute atomic E-state index is 0.131. The number of nitrogens with zero attached hydrogens (tertiary/aromatic N) is 4. The maximum absolute atomic E-state index is 15.2. The van der Waals surface area contributed by atoms with Gasteiger partial charge in [-0.25, -0.2) is 18.7 Å². The highest BCUT2D eigenvalue weighted by atomic mass is 19.1. The number of anilines is 1. The molecule has 39 heavy (non-hydrogen) atoms. The van der Waals surface area contributed by atoms with Crippen molar-refractivity contribution in [2.24, 2.45) is 5.92 Å². The van der Waals surface area contributed by atoms with Gasteiger partial charge in [-0.3, -0.25) is 14.9 Å². The summed E-state index contributed by atoms with van der Waals surface area (Å²) < 4.78 is 29.1. The van der Waals surface area contributed by atoms with Gasteiger partial charge in [0.1, 0.15) is 17.3 Å². The number of pyridine rings is 2. The standard InChI is InChI=1S/C29H23F2N7O/c1-15(2)8-25(39)34-19-10-17(13-32-14-19)21-11-22-24(12-23(21)31)37-38-27(22)29-35-26-20(6-7-33-28(26)36-29)16-4-3-5-18(30)9-16/h3-7,9-15H,8H2,1-2H3,(H,34,39)(H,37,38)(H,33,35,36). The first-order valence-corrected chi connectivity index (χ1v) is 12.4. The number of amides is 1. The summed E-state index contributed by atoms with van der Waals surface area (Å²) >= 11 is 0. The van der Waals surface area contributed by atoms with Crippen LogP contribution >= 0.6 is 0 Å². The highest BCUT2D eigenvalue weighted by Crippen LogP contribution is 2.34. The number of imidazole rings is 1. The molecule has 0 saturated carbocycles. The molecule has 0 atom stereocenters. The molecule has 0 bridgehead atoms. The number of halogens is 2. The number of nitrogens with one attached hydrogen (secondary N) is 3. The molecule has 10 heteroatoms. The molecule has 3 N–H and O–H groups in total. The molecule has 6 rings (SSSR count). The van der Waals surface area contributed by atoms with E-state index in [0.717, 1.165) is 5.56 Å². The van der Waals surface area contributed by atoms with E-state index in [2.05, 4.69) is 35.5 Å². The van der Waals surface area contributed by atoms with Gasteiger partial charge in [0.25, 0.3) is 0 Å². The fourth-order valence-corrected chi connectivity index (χ4v) is 4.60. The van der Waals surface area contributed by atoms with Gasteiger partial charge >= 0.3 is 0 Å². The summed E-state index contributed by atoms with van der Waals surface area (Å²) in [4.78, 5) is 28.7. The molecule has 4 heterocycles. The van der Waals surface area contributed by atoms with E-state index in [-0.39, 0.29) is 17.6 Å². The van der Waals surface area contributed by atoms with Crippen molar-refractivity contribution in [1.29, 1.82) is 0 Å². The van der Waals surface area contributed by atoms with E-state index in [0.29, 0.717) is 62.4 Å². The summed E-state index contributed by atoms with van der Waals surface area (Å²) in [5, 5.41) is 10.7. The number of carbonyl (C=O) groups is 1. The lowest BCUT2D eigenvalue weighted by molar-refractivity contribution is -0.116. The van der Waals surface area contributed by atoms with E-state index >= 15 is 4.39 Å². The number of hydrogen-bond acceptors (Lipinski definition) is 5. The lowest BCUT2D eigenvalue weighted by Crippen LogP contribution is -2.14. The Bertz CT molecular complexity index is 1860. The maximum Gasteiger partial charge on any atom is 0.224 e. The Morgan fingerprint density at radius 3 is 2.72 bits per heavy atom. The molecule has 0 aliphatic rings. The Morgan fingerprint density at radius 1 is 1.03 bits per heavy atom. The predicted molar refractivity (Wildman–Crippen MR) is 146 cm³/mol. The van der Waals surface area contributed by atoms with Crippen molar-refractivity contribution in [1.82, 2.24) is 30.1 Å². The molecule has 0 unspecified atom stereocenters. The van der Waals surface area contributed by atoms with E-state index in [1.165, 1.54) is 24.4 Å². The van der Waals surface area contributed by atoms with Crippen LogP contribution in [0.5, 0.6) is 0 Å². The minimum atomic E-state index is -0.468. The van der Waals surface area contributed by atoms with Gasteiger partial charge in [0.05, 0.1) is 22.9 Å². The Balaban J connectivity index is 1.41. The fourth-order valence-electron chi connectivity index (χ4n) is 4.60. The molecule has 0 fully saturated rings. The molecule has 0 spiro atoms. The summed E-state index contributed by atoms with van der Waals surface area (Å²) in [6, 6.07) is 12.8. The van der Waals surface area contributed by atoms with Gasteiger partial charge in [0.2, 0.25) is 5.91 Å². The van der Waals surface area contributed by atoms with Crippen molar-refractivity contribution in [3.8, 4) is 33.8 Å². The van der Waals surface area contributed by atoms with Gasteiger partial charge in [-0.15, -0.1) is 0 Å². The third kappa shape index (κ3) is 4.72. The van der Waals surface area contributed by atoms with Crippen LogP contribution in [0.15, 0.2) is 67.1 Å². The number of rotatable bonds is 6. The van der Waals surface area contributed by atoms with Gasteiger partial charge in [-0.2, -0.15) is 5.10 Å². The average molecular weight is 524 g/mol. The summed E-state index contributed by atoms with van der Waals surface area (Å²) in [6.07, 6.45) is 5.05. The summed E-state index contributed by atoms with van der Waals surface area (Å²) in [5.41, 5.74) is 4.75. The predicted octanol–water partition coefficient (Wildman–Crippen LogP) is 6.49. The minimum Gasteiger partial charge on any atom is -0.335 e. The van der Waals surface area contributed by atoms with Crippen molar-refractivity contribution in [3.05, 3.63) is 78.8 Å². The van der Waals surface area contributed by atoms with Crippen LogP contribution in [0.2, 0.25) is 0 Å². The van der Waals surface area contributed by atoms with Crippen LogP contribution in [0.4, 0.5) is 14.5 Å². The Hall–Kier alpha value is -4.99. The zero-order valence-electron chi connectivity index (χ0n) is 21.1. The zero-order valence-corrected chi connectivity index (χ0v) is 21.1. The van der Waals surface area contributed by atoms with E-state index in [4.69, 9.17) is 0 Å². The smallest absolute Gasteiger partial charge is 0.224 e. The Morgan fingerprint density at radius 2 is 1.90 bits per heavy atom. The summed E-state index contributed by atoms with van der Waals surface area (Å²) in [6.45, 7) is 3.92. The average Bonchev–Trinajstić information content (AvgIpc) is 3.51. The van der Waals surface area contributed by atoms with Gasteiger partial charge in [-0.05, 0) is 41.8 Å². The number of benzene rings is 2. The number of H-pyrrole nitrogens is 2. The van der Waals surface area contributed by atoms with Crippen LogP contribution in [-0.2, 0) is 4.79 Å². The second-order valence-corrected chi connectivity index (χ2v) is 9.71. The maximum atomic E-state index is 15.2. The first-order chi connectivity index (χ1) is 18.9. The van der Waals surface area contributed by atoms with E-state index in [9.17, 15) is 9.18 Å². The zero-order chi connectivity index (χ0) is 27.1. The van der Waals surface area contributed by atoms with E-state index < -0.39 is 5.82 Å². The lowest BCUT2D eigenvalue weighted by Gasteiger charge is -2.09. The Kier molecular flexibility index (Phi) is 6.07. The number of hydrogen-bond donors (Lipinski definition) is 3. The van der Waals surface area contributed by atoms with Crippen molar-refractivity contribution in [3.63, 3.8) is 0 Å². The second kappa shape index (κ2) is 9.71. The highest BCUT2D eigenvalue weighted by molar-refractivity contribution is 5.98. The number of aromatic amines is 2. The van der Waals surface area contributed by atoms with Gasteiger partial charge in [0, 0.05) is 47.0 Å². The molecule has 194 valence electrons. The molecule has 8 nitrogen and oxygen atoms in total. The van der Waals surface area contributed by atoms with E-state index in [1.807, 2.05) is 19.9 Å². The largest absolute Gasteiger partial charge is 0.335 e. The van der Waals surface area contributed by atoms with E-state index in [1.54, 1.807) is 36.7 Å². The lowest BCUT2D eigenvalue weighted by atomic mass is 10.0. The monoisotopic (exact) mass is 523 g/mol. The van der Waals surface area contributed by atoms with Crippen molar-refractivity contribution < 1.29 is 13.6 Å². The quantitative estimate of drug-likeness (QED) is 0.231. The molecular weight excluding hydrogens is 500 g/mol. The molecule has 4 aromatic heterocycles. The van der Waals surface area contributed by atoms with Crippen LogP contribution in [-0.4, -0.2) is 36.0 Å². The molecule has 1 amide bonds. The van der Waals surface area contributed by atoms with Crippen molar-refractivity contribution in [2.75, 3.05) is 5.32 Å². The normalized spacial score (nSPS) is 11.5. The van der Waals surface area contributed by atoms with Crippen LogP contribution in [0.3, 0.4) is 0 Å². The molecule has 0 aliphatic heterocycles. The third-order valence-corrected chi connectivity index (χ3v) is 6.33. The topological polar surface area (TPSA) is 112 Å². The van der Waals surface area contributed by atoms with Crippen LogP contribution < -0.4 is 5.32 Å². The van der Waals surface area contributed by atoms with Gasteiger partial charge in [0.15, 0.2) is 11.5 Å². The molecule has 6 aromatic rings. The van der Waals surface area contributed by atoms with Gasteiger partial charge < -0.3 is 10.3 Å². The first-order valence-electron chi connectivity index (χ1n) is 12.4. The summed E-state index contributed by atoms with van der Waals surface area (Å²) in [5.74, 6) is -0.308. The fraction of sp³-hybridized carbons (Fsp3) is 0.138. The molecule has 0 radical (unpaired) electrons. The number of carbonyl (C=O) groups excluding carboxylic acids is 1. The first kappa shape index (κ1) is 24.4. The Labute approximate surface area is 221 Å². The number of aromatic nitrogens is 6. The highest BCUT2D eigenvalue weighted by Gasteiger charge is 2.19. The molecule has 2 aromatic carbocycles. The molecule has 0 saturated heterocycles. The van der Waals surface area contributed by atoms with Crippen molar-refractivity contribution >= 4 is 33.7 Å². The third-order valence-electron chi connectivity index (χ3n) is 6.33. The summed E-state index contributed by atoms with van der Waals surface area (Å²) in [7, 11) is 0. The molecule has 0 aliphatic carbocycles. The van der Waals surface area contributed by atoms with Crippen LogP contribution in [0.1, 0.15) is 20.3 Å². The second-order valence-electron chi connectivity index (χ2n) is 9.71. The SMILES string of the molecule is CC(C)CC(=O)Nc1cncc(-c2cc3c(-c4nc5nccc(-c6cccc(F)c6)c5[nH]4)n[nH]c3cc2F)c1. The number of fused-ring (bicyclic) bond motifs is 2. The van der Waals surface area contributed by atoms with Crippen molar-refractivity contribution in [2.45, 2.75) is 20.3 Å². The van der Waals surface area contributed by atoms with Gasteiger partial charge in [-0.1, -0.05) is 26.0 Å². The van der Waals surface area contributed by atoms with Crippen LogP contribution in [0.25, 0.3) is 55.8 Å². The molecular formula is C29H23F2N7O. The van der Waals surface area contributed by atoms with Crippen LogP contribution in [0, 0.1) is 17.6 Å².